The van der Waals surface area contributed by atoms with E-state index in [9.17, 15) is 9.90 Å². The Morgan fingerprint density at radius 1 is 1.19 bits per heavy atom. The van der Waals surface area contributed by atoms with Crippen molar-refractivity contribution in [3.63, 3.8) is 0 Å². The van der Waals surface area contributed by atoms with Gasteiger partial charge in [-0.15, -0.1) is 0 Å². The Kier molecular flexibility index (Phi) is 4.86. The van der Waals surface area contributed by atoms with Gasteiger partial charge in [-0.25, -0.2) is 0 Å². The van der Waals surface area contributed by atoms with E-state index in [1.807, 2.05) is 18.2 Å². The summed E-state index contributed by atoms with van der Waals surface area (Å²) in [5.41, 5.74) is 5.12. The zero-order chi connectivity index (χ0) is 18.8. The van der Waals surface area contributed by atoms with Crippen LogP contribution in [0.4, 0.5) is 0 Å². The molecule has 1 aliphatic carbocycles. The SMILES string of the molecule is COc1ccc(C(O)CNC(=O)c2ccc3[nH]c4c(c3c2)CCCC4)cc1. The van der Waals surface area contributed by atoms with Gasteiger partial charge in [0.25, 0.3) is 5.91 Å². The topological polar surface area (TPSA) is 74.3 Å². The molecule has 1 aromatic heterocycles. The number of fused-ring (bicyclic) bond motifs is 3. The number of hydrogen-bond acceptors (Lipinski definition) is 3. The normalized spacial score (nSPS) is 14.6. The minimum absolute atomic E-state index is 0.161. The minimum Gasteiger partial charge on any atom is -0.497 e. The summed E-state index contributed by atoms with van der Waals surface area (Å²) in [4.78, 5) is 16.0. The van der Waals surface area contributed by atoms with Crippen LogP contribution in [0.1, 0.15) is 46.1 Å². The van der Waals surface area contributed by atoms with E-state index in [0.29, 0.717) is 5.56 Å². The number of carbonyl (C=O) groups excluding carboxylic acids is 1. The highest BCUT2D eigenvalue weighted by molar-refractivity contribution is 5.99. The summed E-state index contributed by atoms with van der Waals surface area (Å²) in [6.45, 7) is 0.161. The third-order valence-corrected chi connectivity index (χ3v) is 5.32. The molecule has 1 amide bonds. The first-order chi connectivity index (χ1) is 13.2. The number of hydrogen-bond donors (Lipinski definition) is 3. The van der Waals surface area contributed by atoms with E-state index in [2.05, 4.69) is 10.3 Å². The van der Waals surface area contributed by atoms with Crippen LogP contribution in [0, 0.1) is 0 Å². The molecule has 1 aliphatic rings. The second-order valence-electron chi connectivity index (χ2n) is 7.05. The first-order valence-electron chi connectivity index (χ1n) is 9.39. The molecule has 1 atom stereocenters. The molecule has 5 heteroatoms. The van der Waals surface area contributed by atoms with Crippen molar-refractivity contribution in [3.05, 3.63) is 64.8 Å². The van der Waals surface area contributed by atoms with E-state index in [1.54, 1.807) is 31.4 Å². The second kappa shape index (κ2) is 7.45. The zero-order valence-electron chi connectivity index (χ0n) is 15.4. The molecule has 0 aliphatic heterocycles. The molecule has 0 saturated heterocycles. The van der Waals surface area contributed by atoms with E-state index in [0.717, 1.165) is 35.1 Å². The van der Waals surface area contributed by atoms with Crippen LogP contribution in [0.5, 0.6) is 5.75 Å². The Bertz CT molecular complexity index is 960. The number of rotatable bonds is 5. The van der Waals surface area contributed by atoms with Crippen molar-refractivity contribution in [2.45, 2.75) is 31.8 Å². The average molecular weight is 364 g/mol. The van der Waals surface area contributed by atoms with Gasteiger partial charge >= 0.3 is 0 Å². The maximum atomic E-state index is 12.6. The van der Waals surface area contributed by atoms with Gasteiger partial charge in [-0.3, -0.25) is 4.79 Å². The molecule has 1 unspecified atom stereocenters. The van der Waals surface area contributed by atoms with Crippen LogP contribution in [-0.4, -0.2) is 29.7 Å². The number of H-pyrrole nitrogens is 1. The van der Waals surface area contributed by atoms with Gasteiger partial charge in [0.05, 0.1) is 13.2 Å². The van der Waals surface area contributed by atoms with Crippen LogP contribution in [0.2, 0.25) is 0 Å². The van der Waals surface area contributed by atoms with E-state index in [4.69, 9.17) is 4.74 Å². The number of methoxy groups -OCH3 is 1. The standard InChI is InChI=1S/C22H24N2O3/c1-27-16-9-6-14(7-10-16)21(25)13-23-22(26)15-8-11-20-18(12-15)17-4-2-3-5-19(17)24-20/h6-12,21,24-25H,2-5,13H2,1H3,(H,23,26). The van der Waals surface area contributed by atoms with Gasteiger partial charge < -0.3 is 20.1 Å². The predicted molar refractivity (Wildman–Crippen MR) is 105 cm³/mol. The monoisotopic (exact) mass is 364 g/mol. The minimum atomic E-state index is -0.761. The lowest BCUT2D eigenvalue weighted by molar-refractivity contribution is 0.0916. The highest BCUT2D eigenvalue weighted by Gasteiger charge is 2.17. The lowest BCUT2D eigenvalue weighted by Crippen LogP contribution is -2.28. The summed E-state index contributed by atoms with van der Waals surface area (Å²) < 4.78 is 5.12. The summed E-state index contributed by atoms with van der Waals surface area (Å²) in [5, 5.41) is 14.3. The average Bonchev–Trinajstić information content (AvgIpc) is 3.09. The summed E-state index contributed by atoms with van der Waals surface area (Å²) >= 11 is 0. The molecular formula is C22H24N2O3. The molecule has 5 nitrogen and oxygen atoms in total. The number of aryl methyl sites for hydroxylation is 2. The Morgan fingerprint density at radius 3 is 2.74 bits per heavy atom. The van der Waals surface area contributed by atoms with Crippen LogP contribution >= 0.6 is 0 Å². The van der Waals surface area contributed by atoms with Crippen molar-refractivity contribution >= 4 is 16.8 Å². The summed E-state index contributed by atoms with van der Waals surface area (Å²) in [6, 6.07) is 13.0. The molecule has 4 rings (SSSR count). The zero-order valence-corrected chi connectivity index (χ0v) is 15.4. The maximum Gasteiger partial charge on any atom is 0.251 e. The number of benzene rings is 2. The first kappa shape index (κ1) is 17.6. The number of aliphatic hydroxyl groups is 1. The lowest BCUT2D eigenvalue weighted by Gasteiger charge is -2.13. The fourth-order valence-corrected chi connectivity index (χ4v) is 3.78. The first-order valence-corrected chi connectivity index (χ1v) is 9.39. The number of aromatic amines is 1. The number of nitrogens with one attached hydrogen (secondary N) is 2. The molecule has 0 bridgehead atoms. The Balaban J connectivity index is 1.46. The van der Waals surface area contributed by atoms with E-state index in [1.165, 1.54) is 24.1 Å². The van der Waals surface area contributed by atoms with Gasteiger partial charge in [-0.1, -0.05) is 12.1 Å². The number of ether oxygens (including phenoxy) is 1. The summed E-state index contributed by atoms with van der Waals surface area (Å²) in [7, 11) is 1.60. The van der Waals surface area contributed by atoms with Gasteiger partial charge in [0.2, 0.25) is 0 Å². The van der Waals surface area contributed by atoms with Gasteiger partial charge in [0.15, 0.2) is 0 Å². The van der Waals surface area contributed by atoms with E-state index in [-0.39, 0.29) is 12.5 Å². The number of aromatic nitrogens is 1. The molecule has 0 radical (unpaired) electrons. The molecule has 0 saturated carbocycles. The van der Waals surface area contributed by atoms with Gasteiger partial charge in [0.1, 0.15) is 5.75 Å². The number of amides is 1. The molecule has 3 N–H and O–H groups in total. The largest absolute Gasteiger partial charge is 0.497 e. The Labute approximate surface area is 158 Å². The summed E-state index contributed by atoms with van der Waals surface area (Å²) in [5.74, 6) is 0.563. The van der Waals surface area contributed by atoms with Crippen LogP contribution < -0.4 is 10.1 Å². The molecule has 140 valence electrons. The van der Waals surface area contributed by atoms with Crippen molar-refractivity contribution in [2.24, 2.45) is 0 Å². The molecule has 1 heterocycles. The quantitative estimate of drug-likeness (QED) is 0.648. The van der Waals surface area contributed by atoms with Crippen molar-refractivity contribution in [1.29, 1.82) is 0 Å². The fourth-order valence-electron chi connectivity index (χ4n) is 3.78. The lowest BCUT2D eigenvalue weighted by atomic mass is 9.95. The molecule has 3 aromatic rings. The second-order valence-corrected chi connectivity index (χ2v) is 7.05. The number of aliphatic hydroxyl groups excluding tert-OH is 1. The van der Waals surface area contributed by atoms with Gasteiger partial charge in [-0.2, -0.15) is 0 Å². The Morgan fingerprint density at radius 2 is 1.96 bits per heavy atom. The van der Waals surface area contributed by atoms with Gasteiger partial charge in [-0.05, 0) is 67.1 Å². The maximum absolute atomic E-state index is 12.6. The van der Waals surface area contributed by atoms with E-state index < -0.39 is 6.10 Å². The van der Waals surface area contributed by atoms with Crippen molar-refractivity contribution in [2.75, 3.05) is 13.7 Å². The van der Waals surface area contributed by atoms with Crippen LogP contribution in [0.3, 0.4) is 0 Å². The van der Waals surface area contributed by atoms with Crippen LogP contribution in [0.25, 0.3) is 10.9 Å². The highest BCUT2D eigenvalue weighted by Crippen LogP contribution is 2.29. The highest BCUT2D eigenvalue weighted by atomic mass is 16.5. The molecule has 2 aromatic carbocycles. The van der Waals surface area contributed by atoms with Crippen molar-refractivity contribution in [1.82, 2.24) is 10.3 Å². The molecule has 27 heavy (non-hydrogen) atoms. The molecular weight excluding hydrogens is 340 g/mol. The predicted octanol–water partition coefficient (Wildman–Crippen LogP) is 3.52. The van der Waals surface area contributed by atoms with E-state index >= 15 is 0 Å². The Hall–Kier alpha value is -2.79. The van der Waals surface area contributed by atoms with Crippen molar-refractivity contribution < 1.29 is 14.6 Å². The smallest absolute Gasteiger partial charge is 0.251 e. The fraction of sp³-hybridized carbons (Fsp3) is 0.318. The van der Waals surface area contributed by atoms with Crippen LogP contribution in [0.15, 0.2) is 42.5 Å². The number of carbonyl (C=O) groups is 1. The molecule has 0 spiro atoms. The molecule has 0 fully saturated rings. The third kappa shape index (κ3) is 3.55. The van der Waals surface area contributed by atoms with Crippen molar-refractivity contribution in [3.8, 4) is 5.75 Å². The van der Waals surface area contributed by atoms with Gasteiger partial charge in [0, 0.05) is 28.7 Å². The third-order valence-electron chi connectivity index (χ3n) is 5.32. The van der Waals surface area contributed by atoms with Crippen LogP contribution in [-0.2, 0) is 12.8 Å². The summed E-state index contributed by atoms with van der Waals surface area (Å²) in [6.07, 6.45) is 3.81.